The van der Waals surface area contributed by atoms with Crippen LogP contribution in [0.2, 0.25) is 0 Å². The van der Waals surface area contributed by atoms with E-state index in [1.807, 2.05) is 12.1 Å². The molecule has 1 nitrogen and oxygen atoms in total. The second-order valence-corrected chi connectivity index (χ2v) is 3.79. The summed E-state index contributed by atoms with van der Waals surface area (Å²) >= 11 is 0. The van der Waals surface area contributed by atoms with Gasteiger partial charge in [-0.3, -0.25) is 0 Å². The lowest BCUT2D eigenvalue weighted by molar-refractivity contribution is 0.343. The van der Waals surface area contributed by atoms with Crippen LogP contribution in [-0.2, 0) is 0 Å². The van der Waals surface area contributed by atoms with Crippen molar-refractivity contribution >= 4 is 16.3 Å². The van der Waals surface area contributed by atoms with E-state index in [1.54, 1.807) is 0 Å². The fourth-order valence-electron chi connectivity index (χ4n) is 2.06. The summed E-state index contributed by atoms with van der Waals surface area (Å²) in [6.07, 6.45) is 2.83. The maximum atomic E-state index is 9.02. The Morgan fingerprint density at radius 2 is 1.88 bits per heavy atom. The molecule has 2 aromatic carbocycles. The SMILES string of the molecule is CC/C(=C\CO)c1cccc2ccccc12. The number of hydrogen-bond acceptors (Lipinski definition) is 1. The Bertz CT molecular complexity index is 506. The van der Waals surface area contributed by atoms with Crippen molar-refractivity contribution < 1.29 is 5.11 Å². The molecular formula is C15H16O. The fraction of sp³-hybridized carbons (Fsp3) is 0.200. The zero-order valence-electron chi connectivity index (χ0n) is 9.48. The Hall–Kier alpha value is -1.60. The molecule has 0 spiro atoms. The first-order valence-corrected chi connectivity index (χ1v) is 5.65. The second-order valence-electron chi connectivity index (χ2n) is 3.79. The molecule has 0 radical (unpaired) electrons. The largest absolute Gasteiger partial charge is 0.392 e. The molecule has 0 fully saturated rings. The normalized spacial score (nSPS) is 12.0. The van der Waals surface area contributed by atoms with Gasteiger partial charge in [-0.05, 0) is 28.3 Å². The van der Waals surface area contributed by atoms with E-state index in [0.717, 1.165) is 6.42 Å². The van der Waals surface area contributed by atoms with E-state index < -0.39 is 0 Å². The van der Waals surface area contributed by atoms with Crippen LogP contribution in [0.3, 0.4) is 0 Å². The molecule has 0 aromatic heterocycles. The molecule has 0 heterocycles. The highest BCUT2D eigenvalue weighted by atomic mass is 16.2. The first-order chi connectivity index (χ1) is 7.86. The molecule has 16 heavy (non-hydrogen) atoms. The van der Waals surface area contributed by atoms with Crippen molar-refractivity contribution in [2.75, 3.05) is 6.61 Å². The number of benzene rings is 2. The van der Waals surface area contributed by atoms with Crippen LogP contribution in [0, 0.1) is 0 Å². The third-order valence-electron chi connectivity index (χ3n) is 2.85. The summed E-state index contributed by atoms with van der Waals surface area (Å²) in [6.45, 7) is 2.22. The minimum atomic E-state index is 0.104. The first-order valence-electron chi connectivity index (χ1n) is 5.65. The molecule has 2 aromatic rings. The molecule has 0 amide bonds. The van der Waals surface area contributed by atoms with E-state index in [4.69, 9.17) is 5.11 Å². The van der Waals surface area contributed by atoms with E-state index >= 15 is 0 Å². The molecule has 0 aliphatic heterocycles. The van der Waals surface area contributed by atoms with Gasteiger partial charge in [0, 0.05) is 0 Å². The van der Waals surface area contributed by atoms with Gasteiger partial charge in [0.15, 0.2) is 0 Å². The summed E-state index contributed by atoms with van der Waals surface area (Å²) < 4.78 is 0. The second kappa shape index (κ2) is 4.95. The van der Waals surface area contributed by atoms with Crippen molar-refractivity contribution in [1.82, 2.24) is 0 Å². The highest BCUT2D eigenvalue weighted by molar-refractivity contribution is 5.93. The minimum absolute atomic E-state index is 0.104. The molecule has 0 aliphatic carbocycles. The summed E-state index contributed by atoms with van der Waals surface area (Å²) in [5.74, 6) is 0. The third-order valence-corrected chi connectivity index (χ3v) is 2.85. The summed E-state index contributed by atoms with van der Waals surface area (Å²) in [4.78, 5) is 0. The fourth-order valence-corrected chi connectivity index (χ4v) is 2.06. The van der Waals surface area contributed by atoms with Gasteiger partial charge >= 0.3 is 0 Å². The van der Waals surface area contributed by atoms with Crippen molar-refractivity contribution in [1.29, 1.82) is 0 Å². The smallest absolute Gasteiger partial charge is 0.0618 e. The number of aliphatic hydroxyl groups is 1. The van der Waals surface area contributed by atoms with Crippen LogP contribution in [0.4, 0.5) is 0 Å². The van der Waals surface area contributed by atoms with Crippen molar-refractivity contribution in [3.05, 3.63) is 54.1 Å². The van der Waals surface area contributed by atoms with Gasteiger partial charge in [-0.15, -0.1) is 0 Å². The van der Waals surface area contributed by atoms with Gasteiger partial charge in [0.2, 0.25) is 0 Å². The lowest BCUT2D eigenvalue weighted by atomic mass is 9.96. The van der Waals surface area contributed by atoms with Crippen LogP contribution in [0.5, 0.6) is 0 Å². The standard InChI is InChI=1S/C15H16O/c1-2-12(10-11-16)14-9-5-7-13-6-3-4-8-15(13)14/h3-10,16H,2,11H2,1H3/b12-10+. The van der Waals surface area contributed by atoms with Gasteiger partial charge in [-0.1, -0.05) is 55.5 Å². The van der Waals surface area contributed by atoms with Crippen LogP contribution in [0.25, 0.3) is 16.3 Å². The lowest BCUT2D eigenvalue weighted by Crippen LogP contribution is -1.87. The van der Waals surface area contributed by atoms with Gasteiger partial charge in [0.1, 0.15) is 0 Å². The first kappa shape index (κ1) is 10.9. The molecule has 2 rings (SSSR count). The number of fused-ring (bicyclic) bond motifs is 1. The summed E-state index contributed by atoms with van der Waals surface area (Å²) in [6, 6.07) is 14.7. The highest BCUT2D eigenvalue weighted by Crippen LogP contribution is 2.26. The summed E-state index contributed by atoms with van der Waals surface area (Å²) in [7, 11) is 0. The average molecular weight is 212 g/mol. The molecule has 0 bridgehead atoms. The number of allylic oxidation sites excluding steroid dienone is 1. The zero-order chi connectivity index (χ0) is 11.4. The number of aliphatic hydroxyl groups excluding tert-OH is 1. The van der Waals surface area contributed by atoms with E-state index in [9.17, 15) is 0 Å². The van der Waals surface area contributed by atoms with Crippen molar-refractivity contribution in [2.45, 2.75) is 13.3 Å². The van der Waals surface area contributed by atoms with E-state index in [1.165, 1.54) is 21.9 Å². The topological polar surface area (TPSA) is 20.2 Å². The molecule has 0 unspecified atom stereocenters. The number of hydrogen-bond donors (Lipinski definition) is 1. The van der Waals surface area contributed by atoms with Crippen LogP contribution >= 0.6 is 0 Å². The number of rotatable bonds is 3. The summed E-state index contributed by atoms with van der Waals surface area (Å²) in [5, 5.41) is 11.5. The van der Waals surface area contributed by atoms with E-state index in [-0.39, 0.29) is 6.61 Å². The van der Waals surface area contributed by atoms with Crippen molar-refractivity contribution in [3.8, 4) is 0 Å². The Morgan fingerprint density at radius 3 is 2.62 bits per heavy atom. The Balaban J connectivity index is 2.64. The molecule has 0 aliphatic rings. The monoisotopic (exact) mass is 212 g/mol. The van der Waals surface area contributed by atoms with Crippen molar-refractivity contribution in [3.63, 3.8) is 0 Å². The minimum Gasteiger partial charge on any atom is -0.392 e. The molecule has 1 N–H and O–H groups in total. The molecule has 82 valence electrons. The van der Waals surface area contributed by atoms with Gasteiger partial charge in [0.25, 0.3) is 0 Å². The van der Waals surface area contributed by atoms with Crippen LogP contribution in [0.1, 0.15) is 18.9 Å². The predicted molar refractivity (Wildman–Crippen MR) is 69.3 cm³/mol. The van der Waals surface area contributed by atoms with Crippen molar-refractivity contribution in [2.24, 2.45) is 0 Å². The van der Waals surface area contributed by atoms with Gasteiger partial charge in [0.05, 0.1) is 6.61 Å². The third kappa shape index (κ3) is 2.00. The van der Waals surface area contributed by atoms with Crippen LogP contribution in [-0.4, -0.2) is 11.7 Å². The molecule has 0 saturated carbocycles. The average Bonchev–Trinajstić information content (AvgIpc) is 2.35. The van der Waals surface area contributed by atoms with E-state index in [2.05, 4.69) is 43.3 Å². The van der Waals surface area contributed by atoms with Gasteiger partial charge in [-0.2, -0.15) is 0 Å². The molecule has 0 atom stereocenters. The maximum absolute atomic E-state index is 9.02. The zero-order valence-corrected chi connectivity index (χ0v) is 9.48. The molecular weight excluding hydrogens is 196 g/mol. The highest BCUT2D eigenvalue weighted by Gasteiger charge is 2.03. The predicted octanol–water partition coefficient (Wildman–Crippen LogP) is 3.63. The summed E-state index contributed by atoms with van der Waals surface area (Å²) in [5.41, 5.74) is 2.44. The molecule has 0 saturated heterocycles. The van der Waals surface area contributed by atoms with Gasteiger partial charge < -0.3 is 5.11 Å². The van der Waals surface area contributed by atoms with Gasteiger partial charge in [-0.25, -0.2) is 0 Å². The molecule has 1 heteroatoms. The quantitative estimate of drug-likeness (QED) is 0.823. The Kier molecular flexibility index (Phi) is 3.37. The maximum Gasteiger partial charge on any atom is 0.0618 e. The lowest BCUT2D eigenvalue weighted by Gasteiger charge is -2.08. The van der Waals surface area contributed by atoms with Crippen LogP contribution in [0.15, 0.2) is 48.5 Å². The van der Waals surface area contributed by atoms with Crippen LogP contribution < -0.4 is 0 Å². The Morgan fingerprint density at radius 1 is 1.12 bits per heavy atom. The van der Waals surface area contributed by atoms with E-state index in [0.29, 0.717) is 0 Å². The Labute approximate surface area is 96.0 Å².